The Balaban J connectivity index is 2.19. The van der Waals surface area contributed by atoms with Gasteiger partial charge in [0, 0.05) is 23.8 Å². The molecule has 1 aliphatic rings. The second-order valence-electron chi connectivity index (χ2n) is 4.93. The summed E-state index contributed by atoms with van der Waals surface area (Å²) in [4.78, 5) is 26.3. The Hall–Kier alpha value is -1.75. The fourth-order valence-corrected chi connectivity index (χ4v) is 2.27. The van der Waals surface area contributed by atoms with E-state index in [0.29, 0.717) is 10.7 Å². The molecule has 108 valence electrons. The van der Waals surface area contributed by atoms with Crippen LogP contribution in [-0.4, -0.2) is 41.6 Å². The van der Waals surface area contributed by atoms with Gasteiger partial charge in [-0.15, -0.1) is 0 Å². The lowest BCUT2D eigenvalue weighted by Gasteiger charge is -2.37. The molecule has 1 aromatic rings. The summed E-state index contributed by atoms with van der Waals surface area (Å²) in [5, 5.41) is 9.55. The van der Waals surface area contributed by atoms with Crippen LogP contribution in [0.25, 0.3) is 0 Å². The van der Waals surface area contributed by atoms with Crippen LogP contribution in [0.5, 0.6) is 0 Å². The number of carbonyl (C=O) groups excluding carboxylic acids is 1. The summed E-state index contributed by atoms with van der Waals surface area (Å²) in [7, 11) is 1.72. The number of urea groups is 1. The SMILES string of the molecule is CN(C(=O)N(CC(=O)O)c1ccc(Cl)cc1)C1CCC1. The molecule has 1 fully saturated rings. The molecule has 0 unspecified atom stereocenters. The number of hydrogen-bond acceptors (Lipinski definition) is 2. The lowest BCUT2D eigenvalue weighted by Crippen LogP contribution is -2.50. The van der Waals surface area contributed by atoms with Crippen molar-refractivity contribution >= 4 is 29.3 Å². The van der Waals surface area contributed by atoms with Crippen LogP contribution in [0, 0.1) is 0 Å². The smallest absolute Gasteiger partial charge is 0.325 e. The van der Waals surface area contributed by atoms with E-state index in [1.165, 1.54) is 4.90 Å². The van der Waals surface area contributed by atoms with Crippen molar-refractivity contribution in [3.63, 3.8) is 0 Å². The Bertz CT molecular complexity index is 500. The van der Waals surface area contributed by atoms with Crippen molar-refractivity contribution < 1.29 is 14.7 Å². The minimum Gasteiger partial charge on any atom is -0.480 e. The monoisotopic (exact) mass is 296 g/mol. The van der Waals surface area contributed by atoms with Crippen LogP contribution < -0.4 is 4.90 Å². The van der Waals surface area contributed by atoms with Crippen LogP contribution in [0.2, 0.25) is 5.02 Å². The van der Waals surface area contributed by atoms with E-state index in [1.54, 1.807) is 36.2 Å². The number of rotatable bonds is 4. The Labute approximate surface area is 122 Å². The standard InChI is InChI=1S/C14H17ClN2O3/c1-16(11-3-2-4-11)14(20)17(9-13(18)19)12-7-5-10(15)6-8-12/h5-8,11H,2-4,9H2,1H3,(H,18,19). The van der Waals surface area contributed by atoms with E-state index < -0.39 is 5.97 Å². The van der Waals surface area contributed by atoms with Crippen molar-refractivity contribution in [1.29, 1.82) is 0 Å². The van der Waals surface area contributed by atoms with Gasteiger partial charge in [0.25, 0.3) is 0 Å². The van der Waals surface area contributed by atoms with E-state index in [0.717, 1.165) is 19.3 Å². The molecule has 0 atom stereocenters. The Morgan fingerprint density at radius 1 is 1.30 bits per heavy atom. The molecule has 1 aromatic carbocycles. The molecule has 5 nitrogen and oxygen atoms in total. The zero-order chi connectivity index (χ0) is 14.7. The third-order valence-corrected chi connectivity index (χ3v) is 3.84. The van der Waals surface area contributed by atoms with Gasteiger partial charge in [-0.25, -0.2) is 4.79 Å². The third kappa shape index (κ3) is 3.22. The second kappa shape index (κ2) is 6.13. The normalized spacial score (nSPS) is 14.5. The molecule has 0 aliphatic heterocycles. The van der Waals surface area contributed by atoms with Crippen molar-refractivity contribution in [2.75, 3.05) is 18.5 Å². The molecule has 0 bridgehead atoms. The van der Waals surface area contributed by atoms with E-state index in [4.69, 9.17) is 16.7 Å². The summed E-state index contributed by atoms with van der Waals surface area (Å²) in [6.07, 6.45) is 3.07. The first-order valence-electron chi connectivity index (χ1n) is 6.50. The Morgan fingerprint density at radius 3 is 2.35 bits per heavy atom. The molecule has 2 rings (SSSR count). The molecule has 0 spiro atoms. The van der Waals surface area contributed by atoms with Gasteiger partial charge in [0.1, 0.15) is 6.54 Å². The van der Waals surface area contributed by atoms with Crippen LogP contribution in [0.1, 0.15) is 19.3 Å². The highest BCUT2D eigenvalue weighted by molar-refractivity contribution is 6.30. The summed E-state index contributed by atoms with van der Waals surface area (Å²) in [6.45, 7) is -0.364. The zero-order valence-corrected chi connectivity index (χ0v) is 12.0. The maximum Gasteiger partial charge on any atom is 0.325 e. The fourth-order valence-electron chi connectivity index (χ4n) is 2.15. The first kappa shape index (κ1) is 14.7. The fraction of sp³-hybridized carbons (Fsp3) is 0.429. The molecule has 1 aliphatic carbocycles. The van der Waals surface area contributed by atoms with Gasteiger partial charge >= 0.3 is 12.0 Å². The molecule has 2 amide bonds. The first-order chi connectivity index (χ1) is 9.49. The molecule has 0 aromatic heterocycles. The largest absolute Gasteiger partial charge is 0.480 e. The van der Waals surface area contributed by atoms with Crippen molar-refractivity contribution in [3.8, 4) is 0 Å². The lowest BCUT2D eigenvalue weighted by atomic mass is 9.92. The average Bonchev–Trinajstić information content (AvgIpc) is 2.34. The highest BCUT2D eigenvalue weighted by Gasteiger charge is 2.30. The van der Waals surface area contributed by atoms with E-state index in [9.17, 15) is 9.59 Å². The number of carboxylic acid groups (broad SMARTS) is 1. The number of carboxylic acids is 1. The van der Waals surface area contributed by atoms with Crippen molar-refractivity contribution in [3.05, 3.63) is 29.3 Å². The van der Waals surface area contributed by atoms with Crippen molar-refractivity contribution in [2.24, 2.45) is 0 Å². The van der Waals surface area contributed by atoms with E-state index in [1.807, 2.05) is 0 Å². The molecule has 1 saturated carbocycles. The number of anilines is 1. The van der Waals surface area contributed by atoms with Gasteiger partial charge in [0.05, 0.1) is 0 Å². The van der Waals surface area contributed by atoms with Gasteiger partial charge in [0.15, 0.2) is 0 Å². The minimum atomic E-state index is -1.05. The zero-order valence-electron chi connectivity index (χ0n) is 11.3. The van der Waals surface area contributed by atoms with E-state index in [2.05, 4.69) is 0 Å². The number of hydrogen-bond donors (Lipinski definition) is 1. The molecular formula is C14H17ClN2O3. The number of carbonyl (C=O) groups is 2. The van der Waals surface area contributed by atoms with Gasteiger partial charge in [-0.3, -0.25) is 9.69 Å². The number of nitrogens with zero attached hydrogens (tertiary/aromatic N) is 2. The van der Waals surface area contributed by atoms with Crippen LogP contribution in [0.15, 0.2) is 24.3 Å². The molecule has 1 N–H and O–H groups in total. The van der Waals surface area contributed by atoms with Crippen LogP contribution in [-0.2, 0) is 4.79 Å². The highest BCUT2D eigenvalue weighted by atomic mass is 35.5. The average molecular weight is 297 g/mol. The van der Waals surface area contributed by atoms with Gasteiger partial charge in [-0.05, 0) is 43.5 Å². The van der Waals surface area contributed by atoms with Crippen LogP contribution >= 0.6 is 11.6 Å². The Morgan fingerprint density at radius 2 is 1.90 bits per heavy atom. The quantitative estimate of drug-likeness (QED) is 0.929. The molecule has 6 heteroatoms. The molecule has 0 heterocycles. The highest BCUT2D eigenvalue weighted by Crippen LogP contribution is 2.26. The molecule has 20 heavy (non-hydrogen) atoms. The van der Waals surface area contributed by atoms with Crippen LogP contribution in [0.4, 0.5) is 10.5 Å². The number of halogens is 1. The molecule has 0 saturated heterocycles. The summed E-state index contributed by atoms with van der Waals surface area (Å²) in [5.74, 6) is -1.05. The van der Waals surface area contributed by atoms with Gasteiger partial charge in [-0.2, -0.15) is 0 Å². The number of benzene rings is 1. The number of aliphatic carboxylic acids is 1. The van der Waals surface area contributed by atoms with E-state index >= 15 is 0 Å². The summed E-state index contributed by atoms with van der Waals surface area (Å²) in [5.41, 5.74) is 0.535. The van der Waals surface area contributed by atoms with Gasteiger partial charge < -0.3 is 10.0 Å². The maximum atomic E-state index is 12.5. The Kier molecular flexibility index (Phi) is 4.49. The predicted octanol–water partition coefficient (Wildman–Crippen LogP) is 2.84. The molecular weight excluding hydrogens is 280 g/mol. The van der Waals surface area contributed by atoms with Crippen molar-refractivity contribution in [2.45, 2.75) is 25.3 Å². The summed E-state index contributed by atoms with van der Waals surface area (Å²) >= 11 is 5.82. The van der Waals surface area contributed by atoms with Crippen LogP contribution in [0.3, 0.4) is 0 Å². The minimum absolute atomic E-state index is 0.214. The second-order valence-corrected chi connectivity index (χ2v) is 5.37. The topological polar surface area (TPSA) is 60.9 Å². The first-order valence-corrected chi connectivity index (χ1v) is 6.88. The van der Waals surface area contributed by atoms with E-state index in [-0.39, 0.29) is 18.6 Å². The number of amides is 2. The van der Waals surface area contributed by atoms with Crippen molar-refractivity contribution in [1.82, 2.24) is 4.90 Å². The predicted molar refractivity (Wildman–Crippen MR) is 77.2 cm³/mol. The third-order valence-electron chi connectivity index (χ3n) is 3.59. The summed E-state index contributed by atoms with van der Waals surface area (Å²) < 4.78 is 0. The maximum absolute atomic E-state index is 12.5. The lowest BCUT2D eigenvalue weighted by molar-refractivity contribution is -0.135. The summed E-state index contributed by atoms with van der Waals surface area (Å²) in [6, 6.07) is 6.51. The van der Waals surface area contributed by atoms with Gasteiger partial charge in [-0.1, -0.05) is 11.6 Å². The van der Waals surface area contributed by atoms with Gasteiger partial charge in [0.2, 0.25) is 0 Å². The molecule has 0 radical (unpaired) electrons.